The molecule has 0 aliphatic rings. The molecule has 0 aromatic heterocycles. The monoisotopic (exact) mass is 229 g/mol. The highest BCUT2D eigenvalue weighted by Gasteiger charge is 2.22. The van der Waals surface area contributed by atoms with Gasteiger partial charge in [0, 0.05) is 6.42 Å². The van der Waals surface area contributed by atoms with E-state index in [2.05, 4.69) is 5.32 Å². The van der Waals surface area contributed by atoms with E-state index < -0.39 is 17.6 Å². The zero-order valence-corrected chi connectivity index (χ0v) is 10.9. The van der Waals surface area contributed by atoms with Crippen LogP contribution in [0.2, 0.25) is 0 Å². The fourth-order valence-electron chi connectivity index (χ4n) is 1.10. The SMILES string of the molecule is CCCCC(=O)N[C@@H](C)C(=O)OC(C)(C)C. The molecule has 0 saturated carbocycles. The van der Waals surface area contributed by atoms with Crippen LogP contribution in [0.4, 0.5) is 0 Å². The molecule has 0 radical (unpaired) electrons. The van der Waals surface area contributed by atoms with Crippen LogP contribution < -0.4 is 5.32 Å². The fourth-order valence-corrected chi connectivity index (χ4v) is 1.10. The summed E-state index contributed by atoms with van der Waals surface area (Å²) in [6, 6.07) is -0.580. The number of carbonyl (C=O) groups is 2. The number of esters is 1. The van der Waals surface area contributed by atoms with Gasteiger partial charge < -0.3 is 10.1 Å². The third kappa shape index (κ3) is 7.26. The van der Waals surface area contributed by atoms with Crippen molar-refractivity contribution >= 4 is 11.9 Å². The van der Waals surface area contributed by atoms with E-state index in [0.29, 0.717) is 6.42 Å². The molecular weight excluding hydrogens is 206 g/mol. The molecule has 0 aliphatic carbocycles. The number of hydrogen-bond acceptors (Lipinski definition) is 3. The molecule has 1 N–H and O–H groups in total. The summed E-state index contributed by atoms with van der Waals surface area (Å²) in [5, 5.41) is 2.62. The summed E-state index contributed by atoms with van der Waals surface area (Å²) < 4.78 is 5.15. The lowest BCUT2D eigenvalue weighted by Crippen LogP contribution is -2.42. The number of unbranched alkanes of at least 4 members (excludes halogenated alkanes) is 1. The molecule has 0 spiro atoms. The Bertz CT molecular complexity index is 243. The molecular formula is C12H23NO3. The Morgan fingerprint density at radius 3 is 2.31 bits per heavy atom. The molecule has 0 fully saturated rings. The summed E-state index contributed by atoms with van der Waals surface area (Å²) in [5.74, 6) is -0.488. The minimum absolute atomic E-state index is 0.0970. The second-order valence-electron chi connectivity index (χ2n) is 4.93. The molecule has 0 saturated heterocycles. The number of ether oxygens (including phenoxy) is 1. The molecule has 0 aliphatic heterocycles. The van der Waals surface area contributed by atoms with Crippen molar-refractivity contribution in [2.45, 2.75) is 65.5 Å². The quantitative estimate of drug-likeness (QED) is 0.734. The third-order valence-electron chi connectivity index (χ3n) is 1.90. The van der Waals surface area contributed by atoms with Crippen molar-refractivity contribution in [3.8, 4) is 0 Å². The standard InChI is InChI=1S/C12H23NO3/c1-6-7-8-10(14)13-9(2)11(15)16-12(3,4)5/h9H,6-8H2,1-5H3,(H,13,14)/t9-/m0/s1. The van der Waals surface area contributed by atoms with Crippen LogP contribution in [0, 0.1) is 0 Å². The minimum atomic E-state index is -0.580. The first-order chi connectivity index (χ1) is 7.26. The average molecular weight is 229 g/mol. The molecule has 4 heteroatoms. The minimum Gasteiger partial charge on any atom is -0.458 e. The van der Waals surface area contributed by atoms with Crippen molar-refractivity contribution in [1.82, 2.24) is 5.32 Å². The van der Waals surface area contributed by atoms with E-state index in [4.69, 9.17) is 4.74 Å². The number of rotatable bonds is 5. The second-order valence-corrected chi connectivity index (χ2v) is 4.93. The van der Waals surface area contributed by atoms with Gasteiger partial charge in [-0.1, -0.05) is 13.3 Å². The van der Waals surface area contributed by atoms with Crippen LogP contribution in [0.1, 0.15) is 53.9 Å². The van der Waals surface area contributed by atoms with Crippen LogP contribution in [0.25, 0.3) is 0 Å². The van der Waals surface area contributed by atoms with Gasteiger partial charge in [0.2, 0.25) is 5.91 Å². The maximum atomic E-state index is 11.5. The van der Waals surface area contributed by atoms with Crippen molar-refractivity contribution in [2.75, 3.05) is 0 Å². The van der Waals surface area contributed by atoms with Crippen LogP contribution in [0.5, 0.6) is 0 Å². The lowest BCUT2D eigenvalue weighted by molar-refractivity contribution is -0.158. The molecule has 0 rings (SSSR count). The molecule has 1 atom stereocenters. The average Bonchev–Trinajstić information content (AvgIpc) is 2.11. The molecule has 16 heavy (non-hydrogen) atoms. The molecule has 0 unspecified atom stereocenters. The van der Waals surface area contributed by atoms with E-state index >= 15 is 0 Å². The van der Waals surface area contributed by atoms with Crippen molar-refractivity contribution in [1.29, 1.82) is 0 Å². The lowest BCUT2D eigenvalue weighted by Gasteiger charge is -2.22. The number of nitrogens with one attached hydrogen (secondary N) is 1. The molecule has 0 aromatic carbocycles. The summed E-state index contributed by atoms with van der Waals surface area (Å²) in [4.78, 5) is 22.9. The second kappa shape index (κ2) is 6.51. The topological polar surface area (TPSA) is 55.4 Å². The van der Waals surface area contributed by atoms with Crippen LogP contribution >= 0.6 is 0 Å². The summed E-state index contributed by atoms with van der Waals surface area (Å²) >= 11 is 0. The highest BCUT2D eigenvalue weighted by atomic mass is 16.6. The molecule has 94 valence electrons. The molecule has 0 aromatic rings. The van der Waals surface area contributed by atoms with Gasteiger partial charge in [-0.2, -0.15) is 0 Å². The first kappa shape index (κ1) is 14.9. The maximum Gasteiger partial charge on any atom is 0.328 e. The Balaban J connectivity index is 4.01. The Hall–Kier alpha value is -1.06. The van der Waals surface area contributed by atoms with Gasteiger partial charge in [-0.3, -0.25) is 4.79 Å². The zero-order valence-electron chi connectivity index (χ0n) is 10.9. The van der Waals surface area contributed by atoms with Gasteiger partial charge in [0.15, 0.2) is 0 Å². The van der Waals surface area contributed by atoms with Gasteiger partial charge in [0.25, 0.3) is 0 Å². The molecule has 4 nitrogen and oxygen atoms in total. The highest BCUT2D eigenvalue weighted by molar-refractivity contribution is 5.84. The van der Waals surface area contributed by atoms with Crippen LogP contribution in [-0.4, -0.2) is 23.5 Å². The molecule has 1 amide bonds. The normalized spacial score (nSPS) is 13.1. The van der Waals surface area contributed by atoms with Gasteiger partial charge in [-0.15, -0.1) is 0 Å². The van der Waals surface area contributed by atoms with Crippen molar-refractivity contribution in [3.63, 3.8) is 0 Å². The largest absolute Gasteiger partial charge is 0.458 e. The fraction of sp³-hybridized carbons (Fsp3) is 0.833. The van der Waals surface area contributed by atoms with E-state index in [0.717, 1.165) is 12.8 Å². The zero-order chi connectivity index (χ0) is 12.8. The number of hydrogen-bond donors (Lipinski definition) is 1. The van der Waals surface area contributed by atoms with Crippen LogP contribution in [-0.2, 0) is 14.3 Å². The van der Waals surface area contributed by atoms with Gasteiger partial charge in [0.1, 0.15) is 11.6 Å². The van der Waals surface area contributed by atoms with Gasteiger partial charge in [-0.05, 0) is 34.1 Å². The molecule has 0 bridgehead atoms. The van der Waals surface area contributed by atoms with Gasteiger partial charge in [-0.25, -0.2) is 4.79 Å². The van der Waals surface area contributed by atoms with Gasteiger partial charge >= 0.3 is 5.97 Å². The first-order valence-corrected chi connectivity index (χ1v) is 5.78. The summed E-state index contributed by atoms with van der Waals surface area (Å²) in [7, 11) is 0. The Kier molecular flexibility index (Phi) is 6.08. The van der Waals surface area contributed by atoms with Crippen LogP contribution in [0.3, 0.4) is 0 Å². The third-order valence-corrected chi connectivity index (χ3v) is 1.90. The van der Waals surface area contributed by atoms with Crippen molar-refractivity contribution < 1.29 is 14.3 Å². The van der Waals surface area contributed by atoms with E-state index in [1.807, 2.05) is 6.92 Å². The number of amides is 1. The summed E-state index contributed by atoms with van der Waals surface area (Å²) in [6.45, 7) is 9.06. The Labute approximate surface area is 97.7 Å². The van der Waals surface area contributed by atoms with Gasteiger partial charge in [0.05, 0.1) is 0 Å². The smallest absolute Gasteiger partial charge is 0.328 e. The van der Waals surface area contributed by atoms with Crippen LogP contribution in [0.15, 0.2) is 0 Å². The first-order valence-electron chi connectivity index (χ1n) is 5.78. The molecule has 0 heterocycles. The van der Waals surface area contributed by atoms with E-state index in [-0.39, 0.29) is 5.91 Å². The summed E-state index contributed by atoms with van der Waals surface area (Å²) in [5.41, 5.74) is -0.514. The van der Waals surface area contributed by atoms with E-state index in [9.17, 15) is 9.59 Å². The van der Waals surface area contributed by atoms with Crippen molar-refractivity contribution in [2.24, 2.45) is 0 Å². The Morgan fingerprint density at radius 2 is 1.88 bits per heavy atom. The summed E-state index contributed by atoms with van der Waals surface area (Å²) in [6.07, 6.45) is 2.27. The lowest BCUT2D eigenvalue weighted by atomic mass is 10.2. The Morgan fingerprint density at radius 1 is 1.31 bits per heavy atom. The van der Waals surface area contributed by atoms with Crippen molar-refractivity contribution in [3.05, 3.63) is 0 Å². The maximum absolute atomic E-state index is 11.5. The number of carbonyl (C=O) groups excluding carboxylic acids is 2. The predicted molar refractivity (Wildman–Crippen MR) is 63.0 cm³/mol. The van der Waals surface area contributed by atoms with E-state index in [1.54, 1.807) is 27.7 Å². The van der Waals surface area contributed by atoms with E-state index in [1.165, 1.54) is 0 Å². The highest BCUT2D eigenvalue weighted by Crippen LogP contribution is 2.08. The predicted octanol–water partition coefficient (Wildman–Crippen LogP) is 2.02.